The van der Waals surface area contributed by atoms with Crippen molar-refractivity contribution in [2.45, 2.75) is 32.2 Å². The summed E-state index contributed by atoms with van der Waals surface area (Å²) in [6.45, 7) is 5.04. The molecule has 0 saturated carbocycles. The Morgan fingerprint density at radius 1 is 1.39 bits per heavy atom. The second-order valence-electron chi connectivity index (χ2n) is 4.66. The normalized spacial score (nSPS) is 16.1. The van der Waals surface area contributed by atoms with Crippen molar-refractivity contribution < 1.29 is 9.47 Å². The third-order valence-corrected chi connectivity index (χ3v) is 3.16. The molecule has 0 fully saturated rings. The van der Waals surface area contributed by atoms with Gasteiger partial charge in [-0.25, -0.2) is 0 Å². The summed E-state index contributed by atoms with van der Waals surface area (Å²) in [4.78, 5) is 0. The first-order chi connectivity index (χ1) is 8.67. The van der Waals surface area contributed by atoms with Gasteiger partial charge in [-0.3, -0.25) is 5.32 Å². The number of nitrogens with one attached hydrogen (secondary N) is 1. The van der Waals surface area contributed by atoms with E-state index in [9.17, 15) is 5.26 Å². The molecule has 0 saturated heterocycles. The van der Waals surface area contributed by atoms with Crippen LogP contribution in [-0.4, -0.2) is 18.9 Å². The molecule has 0 spiro atoms. The van der Waals surface area contributed by atoms with E-state index in [-0.39, 0.29) is 0 Å². The summed E-state index contributed by atoms with van der Waals surface area (Å²) < 4.78 is 10.6. The monoisotopic (exact) mass is 246 g/mol. The van der Waals surface area contributed by atoms with E-state index in [0.29, 0.717) is 6.79 Å². The van der Waals surface area contributed by atoms with E-state index < -0.39 is 5.54 Å². The van der Waals surface area contributed by atoms with Crippen molar-refractivity contribution in [1.29, 1.82) is 5.26 Å². The van der Waals surface area contributed by atoms with Gasteiger partial charge in [-0.05, 0) is 44.0 Å². The Kier molecular flexibility index (Phi) is 3.73. The first-order valence-electron chi connectivity index (χ1n) is 6.22. The predicted octanol–water partition coefficient (Wildman–Crippen LogP) is 2.24. The van der Waals surface area contributed by atoms with Crippen LogP contribution in [0, 0.1) is 11.3 Å². The molecular formula is C14H18N2O2. The Morgan fingerprint density at radius 2 is 2.17 bits per heavy atom. The average Bonchev–Trinajstić information content (AvgIpc) is 2.84. The van der Waals surface area contributed by atoms with Crippen molar-refractivity contribution in [3.8, 4) is 17.6 Å². The zero-order valence-electron chi connectivity index (χ0n) is 10.8. The van der Waals surface area contributed by atoms with Crippen molar-refractivity contribution in [1.82, 2.24) is 5.32 Å². The van der Waals surface area contributed by atoms with Crippen LogP contribution in [0.4, 0.5) is 0 Å². The molecule has 1 atom stereocenters. The van der Waals surface area contributed by atoms with Crippen molar-refractivity contribution in [3.63, 3.8) is 0 Å². The van der Waals surface area contributed by atoms with Gasteiger partial charge in [0, 0.05) is 0 Å². The fraction of sp³-hybridized carbons (Fsp3) is 0.500. The van der Waals surface area contributed by atoms with E-state index in [0.717, 1.165) is 30.9 Å². The Bertz CT molecular complexity index is 467. The minimum absolute atomic E-state index is 0.298. The minimum atomic E-state index is -0.467. The third-order valence-electron chi connectivity index (χ3n) is 3.16. The van der Waals surface area contributed by atoms with Gasteiger partial charge in [-0.1, -0.05) is 13.0 Å². The molecule has 4 nitrogen and oxygen atoms in total. The maximum absolute atomic E-state index is 9.19. The molecule has 1 aliphatic heterocycles. The molecule has 1 aromatic carbocycles. The van der Waals surface area contributed by atoms with Crippen molar-refractivity contribution >= 4 is 0 Å². The number of ether oxygens (including phenoxy) is 2. The van der Waals surface area contributed by atoms with Gasteiger partial charge in [0.15, 0.2) is 11.5 Å². The fourth-order valence-electron chi connectivity index (χ4n) is 2.06. The molecule has 2 rings (SSSR count). The lowest BCUT2D eigenvalue weighted by Crippen LogP contribution is -2.41. The van der Waals surface area contributed by atoms with Gasteiger partial charge in [0.1, 0.15) is 5.54 Å². The van der Waals surface area contributed by atoms with Crippen LogP contribution in [0.25, 0.3) is 0 Å². The van der Waals surface area contributed by atoms with Crippen molar-refractivity contribution in [2.24, 2.45) is 0 Å². The van der Waals surface area contributed by atoms with E-state index in [1.54, 1.807) is 0 Å². The molecule has 0 bridgehead atoms. The van der Waals surface area contributed by atoms with Crippen molar-refractivity contribution in [3.05, 3.63) is 23.8 Å². The Balaban J connectivity index is 2.00. The molecule has 18 heavy (non-hydrogen) atoms. The zero-order chi connectivity index (χ0) is 13.0. The number of nitrogens with zero attached hydrogens (tertiary/aromatic N) is 1. The molecular weight excluding hydrogens is 228 g/mol. The maximum Gasteiger partial charge on any atom is 0.231 e. The van der Waals surface area contributed by atoms with E-state index >= 15 is 0 Å². The molecule has 96 valence electrons. The molecule has 0 radical (unpaired) electrons. The highest BCUT2D eigenvalue weighted by Crippen LogP contribution is 2.33. The van der Waals surface area contributed by atoms with Crippen molar-refractivity contribution in [2.75, 3.05) is 13.3 Å². The molecule has 0 amide bonds. The first-order valence-corrected chi connectivity index (χ1v) is 6.22. The molecule has 1 aromatic rings. The number of nitriles is 1. The van der Waals surface area contributed by atoms with Gasteiger partial charge in [0.05, 0.1) is 6.07 Å². The predicted molar refractivity (Wildman–Crippen MR) is 68.6 cm³/mol. The van der Waals surface area contributed by atoms with E-state index in [4.69, 9.17) is 9.47 Å². The number of rotatable bonds is 5. The largest absolute Gasteiger partial charge is 0.454 e. The summed E-state index contributed by atoms with van der Waals surface area (Å²) in [5.41, 5.74) is 0.698. The lowest BCUT2D eigenvalue weighted by atomic mass is 9.94. The summed E-state index contributed by atoms with van der Waals surface area (Å²) in [6.07, 6.45) is 1.62. The molecule has 0 aliphatic carbocycles. The Labute approximate surface area is 108 Å². The Hall–Kier alpha value is -1.73. The quantitative estimate of drug-likeness (QED) is 0.865. The molecule has 1 aliphatic rings. The lowest BCUT2D eigenvalue weighted by molar-refractivity contribution is 0.174. The second kappa shape index (κ2) is 5.28. The van der Waals surface area contributed by atoms with Crippen LogP contribution in [0.2, 0.25) is 0 Å². The van der Waals surface area contributed by atoms with Gasteiger partial charge in [0.2, 0.25) is 6.79 Å². The molecule has 1 unspecified atom stereocenters. The molecule has 4 heteroatoms. The minimum Gasteiger partial charge on any atom is -0.454 e. The topological polar surface area (TPSA) is 54.3 Å². The van der Waals surface area contributed by atoms with Gasteiger partial charge < -0.3 is 9.47 Å². The summed E-state index contributed by atoms with van der Waals surface area (Å²) >= 11 is 0. The molecule has 1 N–H and O–H groups in total. The van der Waals surface area contributed by atoms with E-state index in [2.05, 4.69) is 11.4 Å². The van der Waals surface area contributed by atoms with Gasteiger partial charge >= 0.3 is 0 Å². The fourth-order valence-corrected chi connectivity index (χ4v) is 2.06. The van der Waals surface area contributed by atoms with Crippen LogP contribution in [0.1, 0.15) is 25.8 Å². The van der Waals surface area contributed by atoms with Crippen LogP contribution in [0.5, 0.6) is 11.5 Å². The van der Waals surface area contributed by atoms with E-state index in [1.807, 2.05) is 32.0 Å². The van der Waals surface area contributed by atoms with Crippen LogP contribution < -0.4 is 14.8 Å². The highest BCUT2D eigenvalue weighted by atomic mass is 16.7. The van der Waals surface area contributed by atoms with E-state index in [1.165, 1.54) is 5.56 Å². The zero-order valence-corrected chi connectivity index (χ0v) is 10.8. The first kappa shape index (κ1) is 12.7. The summed E-state index contributed by atoms with van der Waals surface area (Å²) in [6, 6.07) is 8.28. The van der Waals surface area contributed by atoms with Crippen LogP contribution in [-0.2, 0) is 6.42 Å². The summed E-state index contributed by atoms with van der Waals surface area (Å²) in [5, 5.41) is 12.4. The summed E-state index contributed by atoms with van der Waals surface area (Å²) in [7, 11) is 0. The highest BCUT2D eigenvalue weighted by molar-refractivity contribution is 5.44. The number of hydrogen-bond acceptors (Lipinski definition) is 4. The summed E-state index contributed by atoms with van der Waals surface area (Å²) in [5.74, 6) is 1.60. The average molecular weight is 246 g/mol. The maximum atomic E-state index is 9.19. The van der Waals surface area contributed by atoms with Crippen LogP contribution >= 0.6 is 0 Å². The molecule has 0 aromatic heterocycles. The van der Waals surface area contributed by atoms with Crippen LogP contribution in [0.3, 0.4) is 0 Å². The number of benzene rings is 1. The van der Waals surface area contributed by atoms with Gasteiger partial charge in [0.25, 0.3) is 0 Å². The lowest BCUT2D eigenvalue weighted by Gasteiger charge is -2.22. The number of fused-ring (bicyclic) bond motifs is 1. The SMILES string of the molecule is CCNC(C)(C#N)CCc1ccc2c(c1)OCO2. The third kappa shape index (κ3) is 2.74. The second-order valence-corrected chi connectivity index (χ2v) is 4.66. The smallest absolute Gasteiger partial charge is 0.231 e. The van der Waals surface area contributed by atoms with Crippen LogP contribution in [0.15, 0.2) is 18.2 Å². The van der Waals surface area contributed by atoms with Gasteiger partial charge in [-0.2, -0.15) is 5.26 Å². The number of aryl methyl sites for hydroxylation is 1. The number of hydrogen-bond donors (Lipinski definition) is 1. The van der Waals surface area contributed by atoms with Gasteiger partial charge in [-0.15, -0.1) is 0 Å². The highest BCUT2D eigenvalue weighted by Gasteiger charge is 2.22. The molecule has 1 heterocycles. The standard InChI is InChI=1S/C14H18N2O2/c1-3-16-14(2,9-15)7-6-11-4-5-12-13(8-11)18-10-17-12/h4-5,8,16H,3,6-7,10H2,1-2H3. The Morgan fingerprint density at radius 3 is 2.89 bits per heavy atom.